The Morgan fingerprint density at radius 2 is 1.81 bits per heavy atom. The van der Waals surface area contributed by atoms with Crippen molar-refractivity contribution in [1.29, 1.82) is 0 Å². The van der Waals surface area contributed by atoms with Crippen LogP contribution in [0.2, 0.25) is 0 Å². The van der Waals surface area contributed by atoms with Crippen molar-refractivity contribution in [3.63, 3.8) is 0 Å². The Bertz CT molecular complexity index is 435. The summed E-state index contributed by atoms with van der Waals surface area (Å²) in [6.07, 6.45) is 14.7. The average Bonchev–Trinajstić information content (AvgIpc) is 2.36. The Kier molecular flexibility index (Phi) is 7.74. The molecule has 1 rings (SSSR count). The largest absolute Gasteiger partial charge is 0.389 e. The molecule has 2 unspecified atom stereocenters. The molecule has 1 nitrogen and oxygen atoms in total. The van der Waals surface area contributed by atoms with E-state index in [1.807, 2.05) is 6.08 Å². The molecule has 0 saturated heterocycles. The van der Waals surface area contributed by atoms with E-state index in [-0.39, 0.29) is 6.10 Å². The summed E-state index contributed by atoms with van der Waals surface area (Å²) in [6, 6.07) is 0. The Morgan fingerprint density at radius 3 is 2.48 bits per heavy atom. The van der Waals surface area contributed by atoms with Crippen molar-refractivity contribution in [2.45, 2.75) is 66.4 Å². The van der Waals surface area contributed by atoms with Crippen LogP contribution in [0.5, 0.6) is 0 Å². The normalized spacial score (nSPS) is 26.0. The topological polar surface area (TPSA) is 20.2 Å². The predicted molar refractivity (Wildman–Crippen MR) is 93.2 cm³/mol. The van der Waals surface area contributed by atoms with E-state index in [0.29, 0.717) is 11.8 Å². The van der Waals surface area contributed by atoms with Crippen LogP contribution in [0.25, 0.3) is 0 Å². The van der Waals surface area contributed by atoms with Gasteiger partial charge in [-0.2, -0.15) is 0 Å². The maximum atomic E-state index is 10.1. The van der Waals surface area contributed by atoms with Gasteiger partial charge in [0.1, 0.15) is 0 Å². The lowest BCUT2D eigenvalue weighted by molar-refractivity contribution is 0.222. The summed E-state index contributed by atoms with van der Waals surface area (Å²) >= 11 is 0. The molecule has 0 radical (unpaired) electrons. The van der Waals surface area contributed by atoms with Gasteiger partial charge in [-0.3, -0.25) is 0 Å². The van der Waals surface area contributed by atoms with E-state index in [1.165, 1.54) is 16.7 Å². The lowest BCUT2D eigenvalue weighted by Crippen LogP contribution is -2.07. The van der Waals surface area contributed by atoms with Crippen molar-refractivity contribution in [2.24, 2.45) is 11.8 Å². The zero-order valence-corrected chi connectivity index (χ0v) is 14.4. The fourth-order valence-corrected chi connectivity index (χ4v) is 2.72. The number of hydrogen-bond donors (Lipinski definition) is 1. The Balaban J connectivity index is 2.94. The summed E-state index contributed by atoms with van der Waals surface area (Å²) < 4.78 is 0. The van der Waals surface area contributed by atoms with Crippen LogP contribution in [0.1, 0.15) is 60.3 Å². The first-order valence-electron chi connectivity index (χ1n) is 8.24. The first-order valence-corrected chi connectivity index (χ1v) is 8.24. The molecule has 0 amide bonds. The number of aliphatic hydroxyl groups is 1. The molecule has 1 aliphatic carbocycles. The minimum Gasteiger partial charge on any atom is -0.389 e. The third-order valence-electron chi connectivity index (χ3n) is 4.25. The minimum absolute atomic E-state index is 0.345. The first kappa shape index (κ1) is 18.0. The van der Waals surface area contributed by atoms with Crippen LogP contribution in [0.15, 0.2) is 47.1 Å². The van der Waals surface area contributed by atoms with Crippen LogP contribution in [0, 0.1) is 11.8 Å². The maximum absolute atomic E-state index is 10.1. The SMILES string of the molecule is CC1=CCC=C(C)CC(O)C=C(C)CCC(C(C)C)C=C1. The van der Waals surface area contributed by atoms with E-state index < -0.39 is 0 Å². The average molecular weight is 288 g/mol. The zero-order chi connectivity index (χ0) is 15.8. The van der Waals surface area contributed by atoms with E-state index in [0.717, 1.165) is 25.7 Å². The third-order valence-corrected chi connectivity index (χ3v) is 4.25. The molecule has 1 N–H and O–H groups in total. The van der Waals surface area contributed by atoms with Crippen LogP contribution in [-0.2, 0) is 0 Å². The molecule has 0 aromatic heterocycles. The van der Waals surface area contributed by atoms with Crippen molar-refractivity contribution in [2.75, 3.05) is 0 Å². The molecule has 0 bridgehead atoms. The number of allylic oxidation sites excluding steroid dienone is 6. The van der Waals surface area contributed by atoms with Crippen LogP contribution in [0.4, 0.5) is 0 Å². The fourth-order valence-electron chi connectivity index (χ4n) is 2.72. The van der Waals surface area contributed by atoms with Gasteiger partial charge in [-0.1, -0.05) is 60.9 Å². The lowest BCUT2D eigenvalue weighted by Gasteiger charge is -2.18. The molecule has 1 heteroatoms. The maximum Gasteiger partial charge on any atom is 0.0760 e. The van der Waals surface area contributed by atoms with E-state index in [9.17, 15) is 5.11 Å². The molecule has 118 valence electrons. The lowest BCUT2D eigenvalue weighted by atomic mass is 9.88. The second-order valence-electron chi connectivity index (χ2n) is 6.82. The molecule has 1 aliphatic rings. The van der Waals surface area contributed by atoms with Gasteiger partial charge in [0.15, 0.2) is 0 Å². The Morgan fingerprint density at radius 1 is 1.10 bits per heavy atom. The summed E-state index contributed by atoms with van der Waals surface area (Å²) in [5.41, 5.74) is 3.89. The summed E-state index contributed by atoms with van der Waals surface area (Å²) in [4.78, 5) is 0. The number of aliphatic hydroxyl groups excluding tert-OH is 1. The van der Waals surface area contributed by atoms with E-state index in [2.05, 4.69) is 58.9 Å². The van der Waals surface area contributed by atoms with Crippen LogP contribution >= 0.6 is 0 Å². The van der Waals surface area contributed by atoms with Crippen LogP contribution in [-0.4, -0.2) is 11.2 Å². The first-order chi connectivity index (χ1) is 9.88. The van der Waals surface area contributed by atoms with Crippen molar-refractivity contribution < 1.29 is 5.11 Å². The van der Waals surface area contributed by atoms with Gasteiger partial charge in [-0.25, -0.2) is 0 Å². The fraction of sp³-hybridized carbons (Fsp3) is 0.600. The van der Waals surface area contributed by atoms with Gasteiger partial charge < -0.3 is 5.11 Å². The molecule has 2 atom stereocenters. The molecule has 0 aromatic carbocycles. The van der Waals surface area contributed by atoms with E-state index in [4.69, 9.17) is 0 Å². The highest BCUT2D eigenvalue weighted by atomic mass is 16.3. The Hall–Kier alpha value is -1.08. The van der Waals surface area contributed by atoms with Gasteiger partial charge in [-0.15, -0.1) is 0 Å². The summed E-state index contributed by atoms with van der Waals surface area (Å²) in [6.45, 7) is 11.0. The van der Waals surface area contributed by atoms with Crippen molar-refractivity contribution >= 4 is 0 Å². The molecule has 0 aromatic rings. The molecule has 0 saturated carbocycles. The third kappa shape index (κ3) is 7.47. The quantitative estimate of drug-likeness (QED) is 0.624. The van der Waals surface area contributed by atoms with Crippen molar-refractivity contribution in [1.82, 2.24) is 0 Å². The second kappa shape index (κ2) is 9.04. The monoisotopic (exact) mass is 288 g/mol. The minimum atomic E-state index is -0.345. The second-order valence-corrected chi connectivity index (χ2v) is 6.82. The smallest absolute Gasteiger partial charge is 0.0760 e. The predicted octanol–water partition coefficient (Wildman–Crippen LogP) is 5.59. The van der Waals surface area contributed by atoms with Gasteiger partial charge >= 0.3 is 0 Å². The van der Waals surface area contributed by atoms with Gasteiger partial charge in [0.2, 0.25) is 0 Å². The summed E-state index contributed by atoms with van der Waals surface area (Å²) in [5, 5.41) is 10.1. The molecular weight excluding hydrogens is 256 g/mol. The Labute approximate surface area is 131 Å². The molecular formula is C20H32O. The standard InChI is InChI=1S/C20H32O/c1-15(2)19-11-9-16(3)7-6-8-17(4)13-20(21)14-18(5)10-12-19/h7-9,11,14-15,19-21H,6,10,12-13H2,1-5H3. The molecule has 21 heavy (non-hydrogen) atoms. The highest BCUT2D eigenvalue weighted by molar-refractivity contribution is 5.19. The molecule has 0 aliphatic heterocycles. The highest BCUT2D eigenvalue weighted by Crippen LogP contribution is 2.23. The summed E-state index contributed by atoms with van der Waals surface area (Å²) in [5.74, 6) is 1.26. The molecule has 0 heterocycles. The van der Waals surface area contributed by atoms with Crippen molar-refractivity contribution in [3.05, 3.63) is 47.1 Å². The van der Waals surface area contributed by atoms with Gasteiger partial charge in [0.25, 0.3) is 0 Å². The molecule has 0 fully saturated rings. The van der Waals surface area contributed by atoms with E-state index in [1.54, 1.807) is 0 Å². The number of hydrogen-bond acceptors (Lipinski definition) is 1. The van der Waals surface area contributed by atoms with Crippen molar-refractivity contribution in [3.8, 4) is 0 Å². The number of rotatable bonds is 1. The van der Waals surface area contributed by atoms with Crippen LogP contribution < -0.4 is 0 Å². The van der Waals surface area contributed by atoms with E-state index >= 15 is 0 Å². The van der Waals surface area contributed by atoms with Gasteiger partial charge in [0, 0.05) is 0 Å². The van der Waals surface area contributed by atoms with Gasteiger partial charge in [0.05, 0.1) is 6.10 Å². The molecule has 0 spiro atoms. The highest BCUT2D eigenvalue weighted by Gasteiger charge is 2.11. The van der Waals surface area contributed by atoms with Gasteiger partial charge in [-0.05, 0) is 58.3 Å². The van der Waals surface area contributed by atoms with Crippen LogP contribution in [0.3, 0.4) is 0 Å². The summed E-state index contributed by atoms with van der Waals surface area (Å²) in [7, 11) is 0. The zero-order valence-electron chi connectivity index (χ0n) is 14.4.